The number of amides is 1. The zero-order chi connectivity index (χ0) is 22.1. The molecule has 1 aliphatic carbocycles. The van der Waals surface area contributed by atoms with Crippen molar-refractivity contribution >= 4 is 17.7 Å². The molecular weight excluding hydrogens is 406 g/mol. The Balaban J connectivity index is 1.34. The average Bonchev–Trinajstić information content (AvgIpc) is 3.36. The molecule has 2 aromatic carbocycles. The van der Waals surface area contributed by atoms with Gasteiger partial charge in [0.1, 0.15) is 12.3 Å². The molecule has 5 rings (SSSR count). The van der Waals surface area contributed by atoms with Crippen molar-refractivity contribution in [3.05, 3.63) is 95.9 Å². The van der Waals surface area contributed by atoms with Gasteiger partial charge in [0.2, 0.25) is 0 Å². The predicted octanol–water partition coefficient (Wildman–Crippen LogP) is 4.39. The van der Waals surface area contributed by atoms with Crippen LogP contribution in [-0.4, -0.2) is 33.2 Å². The quantitative estimate of drug-likeness (QED) is 0.476. The van der Waals surface area contributed by atoms with Gasteiger partial charge in [0.25, 0.3) is 0 Å². The number of alkyl carbamates (subject to hydrolysis) is 1. The van der Waals surface area contributed by atoms with Crippen LogP contribution in [0.15, 0.2) is 79.1 Å². The molecule has 1 aliphatic rings. The third kappa shape index (κ3) is 3.58. The number of carboxylic acid groups (broad SMARTS) is 1. The lowest BCUT2D eigenvalue weighted by Gasteiger charge is -2.19. The van der Waals surface area contributed by atoms with Gasteiger partial charge in [0.15, 0.2) is 0 Å². The van der Waals surface area contributed by atoms with Gasteiger partial charge in [-0.05, 0) is 34.4 Å². The molecule has 0 saturated heterocycles. The van der Waals surface area contributed by atoms with Crippen molar-refractivity contribution in [1.29, 1.82) is 0 Å². The normalized spacial score (nSPS) is 13.4. The minimum Gasteiger partial charge on any atom is -0.481 e. The summed E-state index contributed by atoms with van der Waals surface area (Å²) in [5.41, 5.74) is 5.78. The van der Waals surface area contributed by atoms with Crippen molar-refractivity contribution in [3.63, 3.8) is 0 Å². The number of carboxylic acids is 1. The molecule has 0 spiro atoms. The summed E-state index contributed by atoms with van der Waals surface area (Å²) in [5, 5.41) is 12.1. The number of carbonyl (C=O) groups is 2. The molecule has 0 radical (unpaired) electrons. The SMILES string of the molecule is O=C(O)C[C@@H](NC(=O)OCC1c2ccccc2-c2ccccc21)c1cnc2ccccn12. The molecule has 0 aliphatic heterocycles. The number of imidazole rings is 1. The Morgan fingerprint density at radius 2 is 1.66 bits per heavy atom. The van der Waals surface area contributed by atoms with Crippen molar-refractivity contribution in [1.82, 2.24) is 14.7 Å². The number of aromatic nitrogens is 2. The Morgan fingerprint density at radius 1 is 1.00 bits per heavy atom. The van der Waals surface area contributed by atoms with E-state index in [1.165, 1.54) is 0 Å². The van der Waals surface area contributed by atoms with E-state index in [1.807, 2.05) is 54.6 Å². The fourth-order valence-corrected chi connectivity index (χ4v) is 4.40. The Bertz CT molecular complexity index is 1270. The van der Waals surface area contributed by atoms with Gasteiger partial charge in [-0.15, -0.1) is 0 Å². The lowest BCUT2D eigenvalue weighted by molar-refractivity contribution is -0.137. The number of pyridine rings is 1. The smallest absolute Gasteiger partial charge is 0.407 e. The third-order valence-corrected chi connectivity index (χ3v) is 5.82. The molecule has 2 heterocycles. The molecule has 2 N–H and O–H groups in total. The number of hydrogen-bond acceptors (Lipinski definition) is 4. The monoisotopic (exact) mass is 427 g/mol. The molecule has 32 heavy (non-hydrogen) atoms. The zero-order valence-electron chi connectivity index (χ0n) is 17.1. The van der Waals surface area contributed by atoms with Crippen LogP contribution in [0.2, 0.25) is 0 Å². The second-order valence-electron chi connectivity index (χ2n) is 7.73. The number of fused-ring (bicyclic) bond motifs is 4. The van der Waals surface area contributed by atoms with E-state index in [1.54, 1.807) is 16.8 Å². The standard InChI is InChI=1S/C25H21N3O4/c29-24(30)13-21(22-14-26-23-11-5-6-12-28(22)23)27-25(31)32-15-20-18-9-3-1-7-16(18)17-8-2-4-10-19(17)20/h1-12,14,20-21H,13,15H2,(H,27,31)(H,29,30)/t21-/m1/s1. The second kappa shape index (κ2) is 8.19. The Hall–Kier alpha value is -4.13. The molecule has 2 aromatic heterocycles. The summed E-state index contributed by atoms with van der Waals surface area (Å²) >= 11 is 0. The van der Waals surface area contributed by atoms with Gasteiger partial charge in [-0.25, -0.2) is 9.78 Å². The fraction of sp³-hybridized carbons (Fsp3) is 0.160. The van der Waals surface area contributed by atoms with Gasteiger partial charge in [-0.2, -0.15) is 0 Å². The summed E-state index contributed by atoms with van der Waals surface area (Å²) in [6.07, 6.45) is 2.41. The summed E-state index contributed by atoms with van der Waals surface area (Å²) < 4.78 is 7.35. The molecule has 7 heteroatoms. The molecular formula is C25H21N3O4. The predicted molar refractivity (Wildman–Crippen MR) is 118 cm³/mol. The van der Waals surface area contributed by atoms with Crippen LogP contribution in [0.3, 0.4) is 0 Å². The maximum absolute atomic E-state index is 12.7. The maximum Gasteiger partial charge on any atom is 0.407 e. The fourth-order valence-electron chi connectivity index (χ4n) is 4.40. The number of carbonyl (C=O) groups excluding carboxylic acids is 1. The van der Waals surface area contributed by atoms with Crippen LogP contribution < -0.4 is 5.32 Å². The number of ether oxygens (including phenoxy) is 1. The molecule has 0 fully saturated rings. The van der Waals surface area contributed by atoms with Gasteiger partial charge in [-0.1, -0.05) is 54.6 Å². The number of aliphatic carboxylic acids is 1. The highest BCUT2D eigenvalue weighted by molar-refractivity contribution is 5.79. The number of rotatable bonds is 6. The highest BCUT2D eigenvalue weighted by Crippen LogP contribution is 2.44. The van der Waals surface area contributed by atoms with Crippen LogP contribution in [0.5, 0.6) is 0 Å². The van der Waals surface area contributed by atoms with E-state index >= 15 is 0 Å². The first kappa shape index (κ1) is 19.8. The van der Waals surface area contributed by atoms with Gasteiger partial charge in [0, 0.05) is 12.1 Å². The maximum atomic E-state index is 12.7. The van der Waals surface area contributed by atoms with E-state index in [0.717, 1.165) is 22.3 Å². The molecule has 1 atom stereocenters. The second-order valence-corrected chi connectivity index (χ2v) is 7.73. The zero-order valence-corrected chi connectivity index (χ0v) is 17.1. The largest absolute Gasteiger partial charge is 0.481 e. The van der Waals surface area contributed by atoms with E-state index in [0.29, 0.717) is 11.3 Å². The first-order valence-electron chi connectivity index (χ1n) is 10.4. The van der Waals surface area contributed by atoms with Crippen LogP contribution in [0.1, 0.15) is 35.2 Å². The molecule has 4 aromatic rings. The van der Waals surface area contributed by atoms with E-state index in [-0.39, 0.29) is 18.9 Å². The molecule has 0 saturated carbocycles. The van der Waals surface area contributed by atoms with Crippen molar-refractivity contribution in [2.24, 2.45) is 0 Å². The molecule has 160 valence electrons. The number of hydrogen-bond donors (Lipinski definition) is 2. The summed E-state index contributed by atoms with van der Waals surface area (Å²) in [4.78, 5) is 28.4. The van der Waals surface area contributed by atoms with Crippen LogP contribution in [0.25, 0.3) is 16.8 Å². The number of nitrogens with zero attached hydrogens (tertiary/aromatic N) is 2. The van der Waals surface area contributed by atoms with Crippen molar-refractivity contribution in [2.45, 2.75) is 18.4 Å². The van der Waals surface area contributed by atoms with E-state index < -0.39 is 18.1 Å². The van der Waals surface area contributed by atoms with E-state index in [9.17, 15) is 14.7 Å². The Kier molecular flexibility index (Phi) is 5.07. The molecule has 1 amide bonds. The number of nitrogens with one attached hydrogen (secondary N) is 1. The molecule has 0 bridgehead atoms. The van der Waals surface area contributed by atoms with Crippen LogP contribution in [0.4, 0.5) is 4.79 Å². The summed E-state index contributed by atoms with van der Waals surface area (Å²) in [7, 11) is 0. The lowest BCUT2D eigenvalue weighted by atomic mass is 9.98. The lowest BCUT2D eigenvalue weighted by Crippen LogP contribution is -2.32. The summed E-state index contributed by atoms with van der Waals surface area (Å²) in [6, 6.07) is 20.9. The first-order chi connectivity index (χ1) is 15.6. The van der Waals surface area contributed by atoms with Crippen LogP contribution >= 0.6 is 0 Å². The molecule has 7 nitrogen and oxygen atoms in total. The van der Waals surface area contributed by atoms with Gasteiger partial charge < -0.3 is 19.6 Å². The first-order valence-corrected chi connectivity index (χ1v) is 10.4. The minimum atomic E-state index is -1.03. The number of benzene rings is 2. The minimum absolute atomic E-state index is 0.0677. The average molecular weight is 427 g/mol. The summed E-state index contributed by atoms with van der Waals surface area (Å²) in [6.45, 7) is 0.160. The van der Waals surface area contributed by atoms with Crippen LogP contribution in [-0.2, 0) is 9.53 Å². The highest BCUT2D eigenvalue weighted by Gasteiger charge is 2.29. The summed E-state index contributed by atoms with van der Waals surface area (Å²) in [5.74, 6) is -1.10. The van der Waals surface area contributed by atoms with Gasteiger partial charge in [0.05, 0.1) is 24.4 Å². The van der Waals surface area contributed by atoms with Crippen LogP contribution in [0, 0.1) is 0 Å². The van der Waals surface area contributed by atoms with Crippen molar-refractivity contribution in [3.8, 4) is 11.1 Å². The highest BCUT2D eigenvalue weighted by atomic mass is 16.5. The van der Waals surface area contributed by atoms with Crippen molar-refractivity contribution < 1.29 is 19.4 Å². The Labute approximate surface area is 184 Å². The van der Waals surface area contributed by atoms with E-state index in [2.05, 4.69) is 22.4 Å². The topological polar surface area (TPSA) is 92.9 Å². The molecule has 0 unspecified atom stereocenters. The Morgan fingerprint density at radius 3 is 2.34 bits per heavy atom. The van der Waals surface area contributed by atoms with Gasteiger partial charge in [-0.3, -0.25) is 4.79 Å². The van der Waals surface area contributed by atoms with E-state index in [4.69, 9.17) is 4.74 Å². The van der Waals surface area contributed by atoms with Crippen molar-refractivity contribution in [2.75, 3.05) is 6.61 Å². The van der Waals surface area contributed by atoms with Gasteiger partial charge >= 0.3 is 12.1 Å². The third-order valence-electron chi connectivity index (χ3n) is 5.82.